The Bertz CT molecular complexity index is 484. The minimum Gasteiger partial charge on any atom is -0.302 e. The van der Waals surface area contributed by atoms with E-state index in [1.165, 1.54) is 28.5 Å². The number of hydrogen-bond acceptors (Lipinski definition) is 2. The molecule has 0 radical (unpaired) electrons. The molecule has 1 aliphatic rings. The van der Waals surface area contributed by atoms with E-state index in [0.717, 1.165) is 6.54 Å². The Morgan fingerprint density at radius 1 is 1.06 bits per heavy atom. The largest absolute Gasteiger partial charge is 0.302 e. The summed E-state index contributed by atoms with van der Waals surface area (Å²) >= 11 is 2.02. The van der Waals surface area contributed by atoms with E-state index in [4.69, 9.17) is 0 Å². The summed E-state index contributed by atoms with van der Waals surface area (Å²) in [5, 5.41) is 6.79. The van der Waals surface area contributed by atoms with Crippen molar-refractivity contribution in [1.29, 1.82) is 0 Å². The van der Waals surface area contributed by atoms with Gasteiger partial charge in [-0.1, -0.05) is 42.5 Å². The van der Waals surface area contributed by atoms with Gasteiger partial charge in [0.1, 0.15) is 0 Å². The maximum Gasteiger partial charge on any atom is 0.0795 e. The molecule has 1 saturated heterocycles. The van der Waals surface area contributed by atoms with Crippen molar-refractivity contribution in [1.82, 2.24) is 5.32 Å². The van der Waals surface area contributed by atoms with Crippen LogP contribution in [0.5, 0.6) is 0 Å². The summed E-state index contributed by atoms with van der Waals surface area (Å²) in [4.78, 5) is 0. The van der Waals surface area contributed by atoms with Crippen molar-refractivity contribution in [2.45, 2.75) is 11.8 Å². The van der Waals surface area contributed by atoms with Gasteiger partial charge in [-0.15, -0.1) is 11.8 Å². The van der Waals surface area contributed by atoms with Gasteiger partial charge in [0.05, 0.1) is 5.37 Å². The maximum atomic E-state index is 3.59. The molecule has 16 heavy (non-hydrogen) atoms. The van der Waals surface area contributed by atoms with Crippen LogP contribution >= 0.6 is 11.8 Å². The summed E-state index contributed by atoms with van der Waals surface area (Å²) in [6.07, 6.45) is 1.28. The predicted octanol–water partition coefficient (Wildman–Crippen LogP) is 3.56. The van der Waals surface area contributed by atoms with E-state index in [1.54, 1.807) is 0 Å². The second kappa shape index (κ2) is 4.48. The van der Waals surface area contributed by atoms with Crippen LogP contribution < -0.4 is 5.32 Å². The van der Waals surface area contributed by atoms with Gasteiger partial charge in [-0.3, -0.25) is 0 Å². The molecule has 82 valence electrons. The zero-order chi connectivity index (χ0) is 10.8. The maximum absolute atomic E-state index is 3.59. The van der Waals surface area contributed by atoms with E-state index >= 15 is 0 Å². The lowest BCUT2D eigenvalue weighted by Gasteiger charge is -2.24. The zero-order valence-electron chi connectivity index (χ0n) is 9.15. The standard InChI is InChI=1S/C14H15NS/c1-2-7-12-11(5-1)6-3-8-13(12)14-15-9-4-10-16-14/h1-3,5-8,14-15H,4,9-10H2. The molecule has 1 atom stereocenters. The van der Waals surface area contributed by atoms with Crippen LogP contribution in [0.4, 0.5) is 0 Å². The second-order valence-electron chi connectivity index (χ2n) is 4.13. The highest BCUT2D eigenvalue weighted by Gasteiger charge is 2.16. The molecule has 0 amide bonds. The Morgan fingerprint density at radius 2 is 1.94 bits per heavy atom. The van der Waals surface area contributed by atoms with Crippen LogP contribution in [-0.2, 0) is 0 Å². The van der Waals surface area contributed by atoms with Gasteiger partial charge in [0, 0.05) is 0 Å². The molecule has 2 aromatic rings. The molecular weight excluding hydrogens is 214 g/mol. The highest BCUT2D eigenvalue weighted by molar-refractivity contribution is 7.99. The molecule has 1 heterocycles. The third-order valence-corrected chi connectivity index (χ3v) is 4.32. The van der Waals surface area contributed by atoms with Crippen LogP contribution in [0.1, 0.15) is 17.4 Å². The molecule has 0 bridgehead atoms. The highest BCUT2D eigenvalue weighted by Crippen LogP contribution is 2.33. The van der Waals surface area contributed by atoms with Gasteiger partial charge in [-0.25, -0.2) is 0 Å². The van der Waals surface area contributed by atoms with E-state index in [-0.39, 0.29) is 0 Å². The third-order valence-electron chi connectivity index (χ3n) is 3.04. The van der Waals surface area contributed by atoms with Crippen LogP contribution in [0, 0.1) is 0 Å². The summed E-state index contributed by atoms with van der Waals surface area (Å²) in [6.45, 7) is 1.14. The molecule has 2 heteroatoms. The number of hydrogen-bond donors (Lipinski definition) is 1. The van der Waals surface area contributed by atoms with E-state index in [9.17, 15) is 0 Å². The number of nitrogens with one attached hydrogen (secondary N) is 1. The van der Waals surface area contributed by atoms with E-state index in [2.05, 4.69) is 47.8 Å². The number of benzene rings is 2. The highest BCUT2D eigenvalue weighted by atomic mass is 32.2. The van der Waals surface area contributed by atoms with Crippen molar-refractivity contribution < 1.29 is 0 Å². The first-order valence-electron chi connectivity index (χ1n) is 5.78. The van der Waals surface area contributed by atoms with Crippen molar-refractivity contribution in [3.05, 3.63) is 48.0 Å². The zero-order valence-corrected chi connectivity index (χ0v) is 9.96. The Hall–Kier alpha value is -0.990. The van der Waals surface area contributed by atoms with Crippen LogP contribution in [-0.4, -0.2) is 12.3 Å². The topological polar surface area (TPSA) is 12.0 Å². The Labute approximate surface area is 100 Å². The van der Waals surface area contributed by atoms with Crippen LogP contribution in [0.3, 0.4) is 0 Å². The molecular formula is C14H15NS. The SMILES string of the molecule is c1ccc2c(C3NCCCS3)cccc2c1. The van der Waals surface area contributed by atoms with Gasteiger partial charge in [-0.2, -0.15) is 0 Å². The molecule has 3 rings (SSSR count). The average Bonchev–Trinajstić information content (AvgIpc) is 2.39. The summed E-state index contributed by atoms with van der Waals surface area (Å²) in [5.41, 5.74) is 1.43. The quantitative estimate of drug-likeness (QED) is 0.802. The Morgan fingerprint density at radius 3 is 2.81 bits per heavy atom. The molecule has 1 fully saturated rings. The Kier molecular flexibility index (Phi) is 2.85. The summed E-state index contributed by atoms with van der Waals surface area (Å²) in [5.74, 6) is 1.26. The lowest BCUT2D eigenvalue weighted by molar-refractivity contribution is 0.646. The van der Waals surface area contributed by atoms with Gasteiger partial charge in [-0.05, 0) is 35.1 Å². The van der Waals surface area contributed by atoms with E-state index in [1.807, 2.05) is 11.8 Å². The smallest absolute Gasteiger partial charge is 0.0795 e. The molecule has 1 nitrogen and oxygen atoms in total. The predicted molar refractivity (Wildman–Crippen MR) is 71.8 cm³/mol. The fourth-order valence-electron chi connectivity index (χ4n) is 2.24. The van der Waals surface area contributed by atoms with Gasteiger partial charge in [0.25, 0.3) is 0 Å². The number of rotatable bonds is 1. The molecule has 1 N–H and O–H groups in total. The van der Waals surface area contributed by atoms with Gasteiger partial charge < -0.3 is 5.32 Å². The van der Waals surface area contributed by atoms with Crippen LogP contribution in [0.25, 0.3) is 10.8 Å². The molecule has 2 aromatic carbocycles. The minimum absolute atomic E-state index is 0.472. The lowest BCUT2D eigenvalue weighted by atomic mass is 10.0. The molecule has 0 saturated carbocycles. The number of fused-ring (bicyclic) bond motifs is 1. The molecule has 0 aromatic heterocycles. The molecule has 1 unspecified atom stereocenters. The van der Waals surface area contributed by atoms with Crippen molar-refractivity contribution in [2.75, 3.05) is 12.3 Å². The Balaban J connectivity index is 2.08. The number of thioether (sulfide) groups is 1. The molecule has 1 aliphatic heterocycles. The normalized spacial score (nSPS) is 21.1. The van der Waals surface area contributed by atoms with Crippen LogP contribution in [0.15, 0.2) is 42.5 Å². The fraction of sp³-hybridized carbons (Fsp3) is 0.286. The van der Waals surface area contributed by atoms with E-state index in [0.29, 0.717) is 5.37 Å². The average molecular weight is 229 g/mol. The molecule has 0 aliphatic carbocycles. The van der Waals surface area contributed by atoms with Crippen molar-refractivity contribution in [3.63, 3.8) is 0 Å². The minimum atomic E-state index is 0.472. The van der Waals surface area contributed by atoms with Crippen molar-refractivity contribution in [2.24, 2.45) is 0 Å². The first kappa shape index (κ1) is 10.2. The summed E-state index contributed by atoms with van der Waals surface area (Å²) in [7, 11) is 0. The van der Waals surface area contributed by atoms with E-state index < -0.39 is 0 Å². The lowest BCUT2D eigenvalue weighted by Crippen LogP contribution is -2.25. The van der Waals surface area contributed by atoms with Crippen molar-refractivity contribution in [3.8, 4) is 0 Å². The summed E-state index contributed by atoms with van der Waals surface area (Å²) < 4.78 is 0. The van der Waals surface area contributed by atoms with Gasteiger partial charge in [0.15, 0.2) is 0 Å². The molecule has 0 spiro atoms. The van der Waals surface area contributed by atoms with Gasteiger partial charge in [0.2, 0.25) is 0 Å². The van der Waals surface area contributed by atoms with Crippen LogP contribution in [0.2, 0.25) is 0 Å². The monoisotopic (exact) mass is 229 g/mol. The fourth-order valence-corrected chi connectivity index (χ4v) is 3.41. The van der Waals surface area contributed by atoms with Gasteiger partial charge >= 0.3 is 0 Å². The first-order valence-corrected chi connectivity index (χ1v) is 6.83. The van der Waals surface area contributed by atoms with Crippen molar-refractivity contribution >= 4 is 22.5 Å². The summed E-state index contributed by atoms with van der Waals surface area (Å²) in [6, 6.07) is 15.2. The third kappa shape index (κ3) is 1.83. The second-order valence-corrected chi connectivity index (χ2v) is 5.34. The first-order chi connectivity index (χ1) is 7.95.